The molecular weight excluding hydrogens is 453 g/mol. The largest absolute Gasteiger partial charge is 0.448 e. The van der Waals surface area contributed by atoms with Crippen LogP contribution >= 0.6 is 11.8 Å². The summed E-state index contributed by atoms with van der Waals surface area (Å²) in [6, 6.07) is 18.9. The Morgan fingerprint density at radius 3 is 2.53 bits per heavy atom. The number of hydrogen-bond acceptors (Lipinski definition) is 5. The summed E-state index contributed by atoms with van der Waals surface area (Å²) in [7, 11) is 0. The number of carbonyl (C=O) groups excluding carboxylic acids is 1. The molecule has 6 nitrogen and oxygen atoms in total. The van der Waals surface area contributed by atoms with Gasteiger partial charge in [-0.25, -0.2) is 13.9 Å². The molecular formula is C26H20FN3O3S. The average Bonchev–Trinajstić information content (AvgIpc) is 3.17. The summed E-state index contributed by atoms with van der Waals surface area (Å²) in [6.45, 7) is 3.91. The summed E-state index contributed by atoms with van der Waals surface area (Å²) in [6.07, 6.45) is 0. The molecule has 1 amide bonds. The van der Waals surface area contributed by atoms with Gasteiger partial charge in [0.1, 0.15) is 16.9 Å². The summed E-state index contributed by atoms with van der Waals surface area (Å²) in [5, 5.41) is 3.75. The molecule has 0 saturated carbocycles. The first-order valence-electron chi connectivity index (χ1n) is 10.6. The number of hydrogen-bond donors (Lipinski definition) is 1. The molecule has 0 saturated heterocycles. The Labute approximate surface area is 198 Å². The topological polar surface area (TPSA) is 77.1 Å². The molecule has 0 unspecified atom stereocenters. The second-order valence-electron chi connectivity index (χ2n) is 7.98. The minimum Gasteiger partial charge on any atom is -0.448 e. The molecule has 0 fully saturated rings. The molecule has 1 N–H and O–H groups in total. The number of aryl methyl sites for hydroxylation is 2. The maximum atomic E-state index is 14.7. The molecule has 0 atom stereocenters. The molecule has 8 heteroatoms. The van der Waals surface area contributed by atoms with E-state index >= 15 is 0 Å². The highest BCUT2D eigenvalue weighted by atomic mass is 32.2. The third-order valence-electron chi connectivity index (χ3n) is 5.30. The molecule has 0 radical (unpaired) electrons. The van der Waals surface area contributed by atoms with Crippen molar-refractivity contribution in [3.05, 3.63) is 94.0 Å². The smallest absolute Gasteiger partial charge is 0.302 e. The number of benzene rings is 3. The maximum absolute atomic E-state index is 14.7. The van der Waals surface area contributed by atoms with Gasteiger partial charge in [0.2, 0.25) is 11.5 Å². The van der Waals surface area contributed by atoms with Gasteiger partial charge in [-0.05, 0) is 61.4 Å². The molecule has 0 bridgehead atoms. The number of anilines is 1. The second-order valence-corrected chi connectivity index (χ2v) is 8.92. The van der Waals surface area contributed by atoms with Crippen molar-refractivity contribution in [1.29, 1.82) is 0 Å². The molecule has 0 aliphatic carbocycles. The Bertz CT molecular complexity index is 1600. The van der Waals surface area contributed by atoms with Gasteiger partial charge in [0, 0.05) is 11.1 Å². The minimum atomic E-state index is -0.580. The number of thioether (sulfide) groups is 1. The predicted molar refractivity (Wildman–Crippen MR) is 132 cm³/mol. The normalized spacial score (nSPS) is 11.3. The van der Waals surface area contributed by atoms with Crippen molar-refractivity contribution in [3.63, 3.8) is 0 Å². The number of rotatable bonds is 5. The van der Waals surface area contributed by atoms with Crippen molar-refractivity contribution in [2.24, 2.45) is 0 Å². The Morgan fingerprint density at radius 1 is 1.06 bits per heavy atom. The van der Waals surface area contributed by atoms with E-state index in [4.69, 9.17) is 4.42 Å². The molecule has 2 heterocycles. The Morgan fingerprint density at radius 2 is 1.76 bits per heavy atom. The van der Waals surface area contributed by atoms with Crippen molar-refractivity contribution >= 4 is 45.4 Å². The minimum absolute atomic E-state index is 0.0187. The molecule has 5 rings (SSSR count). The Kier molecular flexibility index (Phi) is 5.67. The zero-order valence-electron chi connectivity index (χ0n) is 18.5. The highest BCUT2D eigenvalue weighted by molar-refractivity contribution is 7.99. The monoisotopic (exact) mass is 473 g/mol. The highest BCUT2D eigenvalue weighted by Crippen LogP contribution is 2.29. The van der Waals surface area contributed by atoms with Crippen molar-refractivity contribution in [2.75, 3.05) is 11.1 Å². The van der Waals surface area contributed by atoms with Crippen molar-refractivity contribution in [3.8, 4) is 5.69 Å². The number of carbonyl (C=O) groups is 1. The van der Waals surface area contributed by atoms with Crippen LogP contribution in [0.2, 0.25) is 0 Å². The van der Waals surface area contributed by atoms with Gasteiger partial charge in [-0.3, -0.25) is 9.59 Å². The van der Waals surface area contributed by atoms with Gasteiger partial charge >= 0.3 is 5.56 Å². The number of para-hydroxylation sites is 2. The van der Waals surface area contributed by atoms with Gasteiger partial charge in [-0.15, -0.1) is 0 Å². The van der Waals surface area contributed by atoms with E-state index < -0.39 is 11.4 Å². The van der Waals surface area contributed by atoms with Crippen LogP contribution < -0.4 is 10.9 Å². The van der Waals surface area contributed by atoms with E-state index in [2.05, 4.69) is 10.3 Å². The standard InChI is InChI=1S/C26H20FN3O3S/c1-15-11-16(2)13-17(12-15)28-22(31)14-34-26-29-23-18-7-3-6-10-21(18)33-24(23)25(32)30(26)20-9-5-4-8-19(20)27/h3-13H,14H2,1-2H3,(H,28,31). The zero-order valence-corrected chi connectivity index (χ0v) is 19.3. The number of nitrogens with zero attached hydrogens (tertiary/aromatic N) is 2. The maximum Gasteiger partial charge on any atom is 0.302 e. The third-order valence-corrected chi connectivity index (χ3v) is 6.24. The van der Waals surface area contributed by atoms with E-state index in [9.17, 15) is 14.0 Å². The van der Waals surface area contributed by atoms with E-state index in [0.717, 1.165) is 27.5 Å². The quantitative estimate of drug-likeness (QED) is 0.265. The third kappa shape index (κ3) is 4.08. The first-order chi connectivity index (χ1) is 16.4. The van der Waals surface area contributed by atoms with Gasteiger partial charge in [-0.2, -0.15) is 0 Å². The lowest BCUT2D eigenvalue weighted by Gasteiger charge is -2.12. The summed E-state index contributed by atoms with van der Waals surface area (Å²) < 4.78 is 21.6. The van der Waals surface area contributed by atoms with Crippen LogP contribution in [0.5, 0.6) is 0 Å². The molecule has 170 valence electrons. The van der Waals surface area contributed by atoms with E-state index in [-0.39, 0.29) is 28.1 Å². The predicted octanol–water partition coefficient (Wildman–Crippen LogP) is 5.62. The highest BCUT2D eigenvalue weighted by Gasteiger charge is 2.21. The lowest BCUT2D eigenvalue weighted by atomic mass is 10.1. The Hall–Kier alpha value is -3.91. The van der Waals surface area contributed by atoms with Gasteiger partial charge in [0.15, 0.2) is 5.16 Å². The fraction of sp³-hybridized carbons (Fsp3) is 0.115. The van der Waals surface area contributed by atoms with Crippen LogP contribution in [0.15, 0.2) is 81.1 Å². The zero-order chi connectivity index (χ0) is 23.8. The van der Waals surface area contributed by atoms with E-state index in [1.807, 2.05) is 44.2 Å². The Balaban J connectivity index is 1.56. The van der Waals surface area contributed by atoms with Crippen LogP contribution in [0.1, 0.15) is 11.1 Å². The van der Waals surface area contributed by atoms with Crippen molar-refractivity contribution in [1.82, 2.24) is 9.55 Å². The fourth-order valence-electron chi connectivity index (χ4n) is 3.94. The number of furan rings is 1. The first-order valence-corrected chi connectivity index (χ1v) is 11.6. The molecule has 3 aromatic carbocycles. The van der Waals surface area contributed by atoms with Crippen LogP contribution in [-0.2, 0) is 4.79 Å². The van der Waals surface area contributed by atoms with Crippen molar-refractivity contribution in [2.45, 2.75) is 19.0 Å². The number of nitrogens with one attached hydrogen (secondary N) is 1. The van der Waals surface area contributed by atoms with Crippen molar-refractivity contribution < 1.29 is 13.6 Å². The van der Waals surface area contributed by atoms with Gasteiger partial charge in [0.25, 0.3) is 0 Å². The second kappa shape index (κ2) is 8.79. The molecule has 5 aromatic rings. The number of amides is 1. The summed E-state index contributed by atoms with van der Waals surface area (Å²) in [4.78, 5) is 30.8. The number of halogens is 1. The summed E-state index contributed by atoms with van der Waals surface area (Å²) in [5.74, 6) is -0.861. The lowest BCUT2D eigenvalue weighted by Crippen LogP contribution is -2.23. The van der Waals surface area contributed by atoms with E-state index in [1.165, 1.54) is 12.1 Å². The van der Waals surface area contributed by atoms with Crippen LogP contribution in [0.25, 0.3) is 27.8 Å². The molecule has 0 aliphatic heterocycles. The average molecular weight is 474 g/mol. The SMILES string of the molecule is Cc1cc(C)cc(NC(=O)CSc2nc3c(oc4ccccc43)c(=O)n2-c2ccccc2F)c1. The molecule has 0 spiro atoms. The van der Waals surface area contributed by atoms with Gasteiger partial charge in [-0.1, -0.05) is 42.1 Å². The molecule has 0 aliphatic rings. The van der Waals surface area contributed by atoms with Gasteiger partial charge < -0.3 is 9.73 Å². The van der Waals surface area contributed by atoms with E-state index in [0.29, 0.717) is 22.2 Å². The molecule has 34 heavy (non-hydrogen) atoms. The fourth-order valence-corrected chi connectivity index (χ4v) is 4.74. The number of aromatic nitrogens is 2. The van der Waals surface area contributed by atoms with Crippen LogP contribution in [0.3, 0.4) is 0 Å². The first kappa shape index (κ1) is 21.9. The van der Waals surface area contributed by atoms with Gasteiger partial charge in [0.05, 0.1) is 11.4 Å². The van der Waals surface area contributed by atoms with Crippen LogP contribution in [0, 0.1) is 19.7 Å². The lowest BCUT2D eigenvalue weighted by molar-refractivity contribution is -0.113. The van der Waals surface area contributed by atoms with E-state index in [1.54, 1.807) is 24.3 Å². The molecule has 2 aromatic heterocycles. The summed E-state index contributed by atoms with van der Waals surface area (Å²) in [5.41, 5.74) is 3.20. The number of fused-ring (bicyclic) bond motifs is 3. The summed E-state index contributed by atoms with van der Waals surface area (Å²) >= 11 is 1.06. The van der Waals surface area contributed by atoms with Crippen LogP contribution in [-0.4, -0.2) is 21.2 Å². The van der Waals surface area contributed by atoms with Crippen LogP contribution in [0.4, 0.5) is 10.1 Å².